The third-order valence-electron chi connectivity index (χ3n) is 5.95. The summed E-state index contributed by atoms with van der Waals surface area (Å²) in [6.07, 6.45) is 7.45. The molecule has 5 nitrogen and oxygen atoms in total. The minimum Gasteiger partial charge on any atom is -0.326 e. The summed E-state index contributed by atoms with van der Waals surface area (Å²) >= 11 is 1.55. The van der Waals surface area contributed by atoms with Crippen LogP contribution < -0.4 is 5.32 Å². The van der Waals surface area contributed by atoms with Crippen LogP contribution in [0.2, 0.25) is 0 Å². The van der Waals surface area contributed by atoms with E-state index in [0.29, 0.717) is 30.2 Å². The van der Waals surface area contributed by atoms with E-state index in [-0.39, 0.29) is 11.7 Å². The van der Waals surface area contributed by atoms with E-state index in [1.165, 1.54) is 37.8 Å². The third-order valence-corrected chi connectivity index (χ3v) is 6.90. The molecule has 0 radical (unpaired) electrons. The summed E-state index contributed by atoms with van der Waals surface area (Å²) in [7, 11) is 0. The highest BCUT2D eigenvalue weighted by Gasteiger charge is 2.23. The second-order valence-electron chi connectivity index (χ2n) is 7.86. The molecule has 1 saturated carbocycles. The molecule has 1 aromatic heterocycles. The molecule has 0 unspecified atom stereocenters. The van der Waals surface area contributed by atoms with E-state index in [1.807, 2.05) is 18.2 Å². The van der Waals surface area contributed by atoms with Gasteiger partial charge in [-0.3, -0.25) is 9.59 Å². The van der Waals surface area contributed by atoms with Crippen LogP contribution in [0.25, 0.3) is 0 Å². The zero-order valence-corrected chi connectivity index (χ0v) is 17.4. The van der Waals surface area contributed by atoms with Gasteiger partial charge in [-0.05, 0) is 56.9 Å². The van der Waals surface area contributed by atoms with Crippen LogP contribution in [0.5, 0.6) is 0 Å². The van der Waals surface area contributed by atoms with Crippen molar-refractivity contribution in [2.75, 3.05) is 11.1 Å². The van der Waals surface area contributed by atoms with Crippen molar-refractivity contribution in [3.8, 4) is 0 Å². The molecular formula is C22H27N3O2S. The van der Waals surface area contributed by atoms with E-state index in [0.717, 1.165) is 22.1 Å². The van der Waals surface area contributed by atoms with Crippen molar-refractivity contribution in [2.24, 2.45) is 0 Å². The molecule has 1 fully saturated rings. The maximum Gasteiger partial charge on any atom is 0.224 e. The summed E-state index contributed by atoms with van der Waals surface area (Å²) in [6, 6.07) is 6.11. The second kappa shape index (κ2) is 8.11. The zero-order chi connectivity index (χ0) is 19.7. The fourth-order valence-electron chi connectivity index (χ4n) is 4.24. The number of benzene rings is 1. The highest BCUT2D eigenvalue weighted by molar-refractivity contribution is 7.99. The molecule has 1 aliphatic heterocycles. The number of fused-ring (bicyclic) bond motifs is 1. The van der Waals surface area contributed by atoms with Crippen LogP contribution in [0.1, 0.15) is 71.9 Å². The summed E-state index contributed by atoms with van der Waals surface area (Å²) in [5.41, 5.74) is 4.88. The molecule has 1 N–H and O–H groups in total. The summed E-state index contributed by atoms with van der Waals surface area (Å²) < 4.78 is 2.37. The minimum absolute atomic E-state index is 0.0439. The van der Waals surface area contributed by atoms with Crippen LogP contribution in [-0.2, 0) is 11.2 Å². The predicted molar refractivity (Wildman–Crippen MR) is 112 cm³/mol. The van der Waals surface area contributed by atoms with Crippen LogP contribution in [0, 0.1) is 13.8 Å². The number of anilines is 1. The van der Waals surface area contributed by atoms with Crippen molar-refractivity contribution in [3.05, 3.63) is 40.7 Å². The highest BCUT2D eigenvalue weighted by atomic mass is 32.2. The molecule has 1 aromatic carbocycles. The Hall–Kier alpha value is -2.08. The Labute approximate surface area is 170 Å². The van der Waals surface area contributed by atoms with Crippen LogP contribution in [0.15, 0.2) is 23.4 Å². The van der Waals surface area contributed by atoms with Gasteiger partial charge in [0.2, 0.25) is 5.91 Å². The number of amides is 1. The van der Waals surface area contributed by atoms with E-state index in [4.69, 9.17) is 4.98 Å². The highest BCUT2D eigenvalue weighted by Crippen LogP contribution is 2.34. The fourth-order valence-corrected chi connectivity index (χ4v) is 5.29. The van der Waals surface area contributed by atoms with E-state index < -0.39 is 0 Å². The number of carbonyl (C=O) groups excluding carboxylic acids is 2. The Morgan fingerprint density at radius 2 is 2.00 bits per heavy atom. The fraction of sp³-hybridized carbons (Fsp3) is 0.500. The Balaban J connectivity index is 1.48. The standard InChI is InChI=1S/C22H27N3O2S/c1-14-15(2)25(18-6-4-3-5-7-18)22(23-14)28-13-20(26)17-8-10-19-16(12-17)9-11-21(27)24-19/h8,10,12,18H,3-7,9,11,13H2,1-2H3,(H,24,27). The maximum atomic E-state index is 12.8. The SMILES string of the molecule is Cc1nc(SCC(=O)c2ccc3c(c2)CCC(=O)N3)n(C2CCCCC2)c1C. The molecule has 0 saturated heterocycles. The van der Waals surface area contributed by atoms with Gasteiger partial charge in [0.05, 0.1) is 11.4 Å². The Kier molecular flexibility index (Phi) is 5.58. The molecule has 28 heavy (non-hydrogen) atoms. The first-order valence-electron chi connectivity index (χ1n) is 10.2. The Bertz CT molecular complexity index is 913. The molecular weight excluding hydrogens is 370 g/mol. The average molecular weight is 398 g/mol. The first-order valence-corrected chi connectivity index (χ1v) is 11.2. The number of rotatable bonds is 5. The van der Waals surface area contributed by atoms with E-state index in [2.05, 4.69) is 23.7 Å². The van der Waals surface area contributed by atoms with Gasteiger partial charge in [0.15, 0.2) is 10.9 Å². The topological polar surface area (TPSA) is 64.0 Å². The number of imidazole rings is 1. The van der Waals surface area contributed by atoms with Crippen LogP contribution in [-0.4, -0.2) is 27.0 Å². The number of aromatic nitrogens is 2. The summed E-state index contributed by atoms with van der Waals surface area (Å²) in [6.45, 7) is 4.19. The van der Waals surface area contributed by atoms with Gasteiger partial charge >= 0.3 is 0 Å². The quantitative estimate of drug-likeness (QED) is 0.578. The van der Waals surface area contributed by atoms with Crippen molar-refractivity contribution < 1.29 is 9.59 Å². The van der Waals surface area contributed by atoms with E-state index in [9.17, 15) is 9.59 Å². The lowest BCUT2D eigenvalue weighted by Gasteiger charge is -2.26. The number of ketones is 1. The Morgan fingerprint density at radius 1 is 1.21 bits per heavy atom. The monoisotopic (exact) mass is 397 g/mol. The number of nitrogens with zero attached hydrogens (tertiary/aromatic N) is 2. The van der Waals surface area contributed by atoms with Crippen molar-refractivity contribution in [3.63, 3.8) is 0 Å². The van der Waals surface area contributed by atoms with Gasteiger partial charge in [0, 0.05) is 29.4 Å². The summed E-state index contributed by atoms with van der Waals surface area (Å²) in [5, 5.41) is 3.84. The van der Waals surface area contributed by atoms with Crippen molar-refractivity contribution in [2.45, 2.75) is 70.0 Å². The zero-order valence-electron chi connectivity index (χ0n) is 16.6. The van der Waals surface area contributed by atoms with Crippen LogP contribution >= 0.6 is 11.8 Å². The lowest BCUT2D eigenvalue weighted by atomic mass is 9.95. The molecule has 2 aromatic rings. The number of hydrogen-bond donors (Lipinski definition) is 1. The number of thioether (sulfide) groups is 1. The molecule has 4 rings (SSSR count). The first kappa shape index (κ1) is 19.2. The van der Waals surface area contributed by atoms with Crippen molar-refractivity contribution in [1.29, 1.82) is 0 Å². The molecule has 0 bridgehead atoms. The average Bonchev–Trinajstić information content (AvgIpc) is 3.00. The van der Waals surface area contributed by atoms with Gasteiger partial charge in [-0.1, -0.05) is 31.0 Å². The molecule has 148 valence electrons. The number of aryl methyl sites for hydroxylation is 2. The molecule has 2 aliphatic rings. The number of hydrogen-bond acceptors (Lipinski definition) is 4. The number of carbonyl (C=O) groups is 2. The smallest absolute Gasteiger partial charge is 0.224 e. The second-order valence-corrected chi connectivity index (χ2v) is 8.80. The molecule has 1 aliphatic carbocycles. The predicted octanol–water partition coefficient (Wildman–Crippen LogP) is 4.86. The normalized spacial score (nSPS) is 17.3. The van der Waals surface area contributed by atoms with Gasteiger partial charge in [0.1, 0.15) is 0 Å². The third kappa shape index (κ3) is 3.88. The summed E-state index contributed by atoms with van der Waals surface area (Å²) in [4.78, 5) is 29.1. The van der Waals surface area contributed by atoms with Crippen LogP contribution in [0.4, 0.5) is 5.69 Å². The van der Waals surface area contributed by atoms with Gasteiger partial charge in [-0.2, -0.15) is 0 Å². The maximum absolute atomic E-state index is 12.8. The number of Topliss-reactive ketones (excluding diaryl/α,β-unsaturated/α-hetero) is 1. The molecule has 2 heterocycles. The molecule has 6 heteroatoms. The largest absolute Gasteiger partial charge is 0.326 e. The molecule has 1 amide bonds. The van der Waals surface area contributed by atoms with Gasteiger partial charge in [0.25, 0.3) is 0 Å². The van der Waals surface area contributed by atoms with Gasteiger partial charge < -0.3 is 9.88 Å². The van der Waals surface area contributed by atoms with E-state index >= 15 is 0 Å². The summed E-state index contributed by atoms with van der Waals surface area (Å²) in [5.74, 6) is 0.536. The molecule has 0 atom stereocenters. The van der Waals surface area contributed by atoms with Crippen molar-refractivity contribution in [1.82, 2.24) is 9.55 Å². The molecule has 0 spiro atoms. The van der Waals surface area contributed by atoms with Gasteiger partial charge in [-0.15, -0.1) is 0 Å². The van der Waals surface area contributed by atoms with Gasteiger partial charge in [-0.25, -0.2) is 4.98 Å². The van der Waals surface area contributed by atoms with E-state index in [1.54, 1.807) is 11.8 Å². The minimum atomic E-state index is 0.0439. The lowest BCUT2D eigenvalue weighted by molar-refractivity contribution is -0.116. The number of nitrogens with one attached hydrogen (secondary N) is 1. The Morgan fingerprint density at radius 3 is 2.79 bits per heavy atom. The van der Waals surface area contributed by atoms with Crippen LogP contribution in [0.3, 0.4) is 0 Å². The van der Waals surface area contributed by atoms with Crippen molar-refractivity contribution >= 4 is 29.1 Å². The first-order chi connectivity index (χ1) is 13.5. The lowest BCUT2D eigenvalue weighted by Crippen LogP contribution is -2.19.